The molecule has 0 bridgehead atoms. The molecule has 1 aromatic carbocycles. The molecule has 0 radical (unpaired) electrons. The first-order chi connectivity index (χ1) is 8.15. The molecule has 0 N–H and O–H groups in total. The number of fused-ring (bicyclic) bond motifs is 1. The normalized spacial score (nSPS) is 23.8. The maximum atomic E-state index is 4.62. The number of nitrogens with zero attached hydrogens (tertiary/aromatic N) is 3. The number of benzene rings is 1. The molecule has 1 saturated heterocycles. The lowest BCUT2D eigenvalue weighted by Crippen LogP contribution is -2.54. The van der Waals surface area contributed by atoms with E-state index >= 15 is 0 Å². The number of hydrogen-bond acceptors (Lipinski definition) is 3. The molecule has 2 unspecified atom stereocenters. The van der Waals surface area contributed by atoms with Crippen molar-refractivity contribution in [3.05, 3.63) is 28.9 Å². The smallest absolute Gasteiger partial charge is 0.226 e. The molecule has 1 fully saturated rings. The van der Waals surface area contributed by atoms with Crippen molar-refractivity contribution in [2.75, 3.05) is 11.4 Å². The Morgan fingerprint density at radius 2 is 2.18 bits per heavy atom. The summed E-state index contributed by atoms with van der Waals surface area (Å²) in [5.74, 6) is 1.59. The fourth-order valence-electron chi connectivity index (χ4n) is 2.19. The van der Waals surface area contributed by atoms with Crippen molar-refractivity contribution in [1.29, 1.82) is 0 Å². The maximum absolute atomic E-state index is 4.62. The SMILES string of the molecule is CC1CN(c2ncc3cc(Br)ccc3n2)C1C. The third-order valence-corrected chi connectivity index (χ3v) is 4.08. The minimum atomic E-state index is 0.544. The second-order valence-electron chi connectivity index (χ2n) is 4.74. The minimum absolute atomic E-state index is 0.544. The van der Waals surface area contributed by atoms with Crippen LogP contribution in [0.3, 0.4) is 0 Å². The summed E-state index contributed by atoms with van der Waals surface area (Å²) in [4.78, 5) is 11.3. The van der Waals surface area contributed by atoms with E-state index in [9.17, 15) is 0 Å². The summed E-state index contributed by atoms with van der Waals surface area (Å²) in [6, 6.07) is 6.63. The Hall–Kier alpha value is -1.16. The van der Waals surface area contributed by atoms with Crippen molar-refractivity contribution >= 4 is 32.8 Å². The molecule has 0 spiro atoms. The van der Waals surface area contributed by atoms with Crippen molar-refractivity contribution in [2.24, 2.45) is 5.92 Å². The van der Waals surface area contributed by atoms with E-state index in [0.29, 0.717) is 6.04 Å². The van der Waals surface area contributed by atoms with Crippen LogP contribution in [0.1, 0.15) is 13.8 Å². The zero-order valence-corrected chi connectivity index (χ0v) is 11.5. The summed E-state index contributed by atoms with van der Waals surface area (Å²) in [6.45, 7) is 5.55. The predicted octanol–water partition coefficient (Wildman–Crippen LogP) is 3.24. The van der Waals surface area contributed by atoms with E-state index < -0.39 is 0 Å². The number of anilines is 1. The standard InChI is InChI=1S/C13H14BrN3/c1-8-7-17(9(8)2)13-15-6-10-5-11(14)3-4-12(10)16-13/h3-6,8-9H,7H2,1-2H3. The summed E-state index contributed by atoms with van der Waals surface area (Å²) in [7, 11) is 0. The van der Waals surface area contributed by atoms with Gasteiger partial charge in [0.15, 0.2) is 0 Å². The molecule has 17 heavy (non-hydrogen) atoms. The van der Waals surface area contributed by atoms with E-state index in [2.05, 4.69) is 44.6 Å². The average Bonchev–Trinajstić information content (AvgIpc) is 2.35. The van der Waals surface area contributed by atoms with Gasteiger partial charge < -0.3 is 4.90 Å². The summed E-state index contributed by atoms with van der Waals surface area (Å²) in [5, 5.41) is 1.07. The van der Waals surface area contributed by atoms with Crippen LogP contribution in [-0.2, 0) is 0 Å². The van der Waals surface area contributed by atoms with Crippen LogP contribution in [0.15, 0.2) is 28.9 Å². The van der Waals surface area contributed by atoms with E-state index in [1.54, 1.807) is 0 Å². The summed E-state index contributed by atoms with van der Waals surface area (Å²) in [5.41, 5.74) is 1.00. The monoisotopic (exact) mass is 291 g/mol. The maximum Gasteiger partial charge on any atom is 0.226 e. The lowest BCUT2D eigenvalue weighted by molar-refractivity contribution is 0.334. The Kier molecular flexibility index (Phi) is 2.54. The molecule has 3 nitrogen and oxygen atoms in total. The van der Waals surface area contributed by atoms with Crippen molar-refractivity contribution in [3.63, 3.8) is 0 Å². The Labute approximate surface area is 109 Å². The van der Waals surface area contributed by atoms with Crippen LogP contribution in [0.5, 0.6) is 0 Å². The van der Waals surface area contributed by atoms with Crippen molar-refractivity contribution in [1.82, 2.24) is 9.97 Å². The topological polar surface area (TPSA) is 29.0 Å². The molecule has 2 heterocycles. The van der Waals surface area contributed by atoms with Gasteiger partial charge in [-0.2, -0.15) is 0 Å². The van der Waals surface area contributed by atoms with Crippen molar-refractivity contribution in [2.45, 2.75) is 19.9 Å². The second kappa shape index (κ2) is 3.95. The van der Waals surface area contributed by atoms with Crippen LogP contribution < -0.4 is 4.90 Å². The lowest BCUT2D eigenvalue weighted by Gasteiger charge is -2.44. The number of rotatable bonds is 1. The summed E-state index contributed by atoms with van der Waals surface area (Å²) < 4.78 is 1.06. The molecule has 2 aromatic rings. The average molecular weight is 292 g/mol. The Bertz CT molecular complexity index is 570. The van der Waals surface area contributed by atoms with E-state index in [0.717, 1.165) is 33.8 Å². The molecular weight excluding hydrogens is 278 g/mol. The molecule has 4 heteroatoms. The van der Waals surface area contributed by atoms with Gasteiger partial charge in [0.2, 0.25) is 5.95 Å². The molecular formula is C13H14BrN3. The van der Waals surface area contributed by atoms with E-state index in [-0.39, 0.29) is 0 Å². The van der Waals surface area contributed by atoms with Crippen LogP contribution in [-0.4, -0.2) is 22.6 Å². The molecule has 1 aliphatic rings. The van der Waals surface area contributed by atoms with Gasteiger partial charge in [-0.1, -0.05) is 22.9 Å². The van der Waals surface area contributed by atoms with E-state index in [4.69, 9.17) is 0 Å². The molecule has 0 amide bonds. The Morgan fingerprint density at radius 3 is 2.88 bits per heavy atom. The van der Waals surface area contributed by atoms with Crippen LogP contribution in [0.4, 0.5) is 5.95 Å². The molecule has 1 aliphatic heterocycles. The van der Waals surface area contributed by atoms with Crippen molar-refractivity contribution in [3.8, 4) is 0 Å². The molecule has 0 saturated carbocycles. The van der Waals surface area contributed by atoms with Gasteiger partial charge >= 0.3 is 0 Å². The van der Waals surface area contributed by atoms with E-state index in [1.807, 2.05) is 24.4 Å². The van der Waals surface area contributed by atoms with Crippen molar-refractivity contribution < 1.29 is 0 Å². The van der Waals surface area contributed by atoms with Gasteiger partial charge in [-0.3, -0.25) is 0 Å². The van der Waals surface area contributed by atoms with Crippen LogP contribution in [0.25, 0.3) is 10.9 Å². The third kappa shape index (κ3) is 1.80. The summed E-state index contributed by atoms with van der Waals surface area (Å²) >= 11 is 3.46. The van der Waals surface area contributed by atoms with Gasteiger partial charge in [-0.15, -0.1) is 0 Å². The number of hydrogen-bond donors (Lipinski definition) is 0. The van der Waals surface area contributed by atoms with Gasteiger partial charge in [-0.05, 0) is 31.0 Å². The Balaban J connectivity index is 2.00. The zero-order chi connectivity index (χ0) is 12.0. The first-order valence-corrected chi connectivity index (χ1v) is 6.63. The largest absolute Gasteiger partial charge is 0.337 e. The van der Waals surface area contributed by atoms with Crippen LogP contribution >= 0.6 is 15.9 Å². The van der Waals surface area contributed by atoms with Gasteiger partial charge in [0.1, 0.15) is 0 Å². The molecule has 2 atom stereocenters. The Morgan fingerprint density at radius 1 is 1.35 bits per heavy atom. The highest BCUT2D eigenvalue weighted by Crippen LogP contribution is 2.29. The highest BCUT2D eigenvalue weighted by molar-refractivity contribution is 9.10. The molecule has 1 aromatic heterocycles. The zero-order valence-electron chi connectivity index (χ0n) is 9.89. The van der Waals surface area contributed by atoms with Crippen LogP contribution in [0, 0.1) is 5.92 Å². The van der Waals surface area contributed by atoms with E-state index in [1.165, 1.54) is 0 Å². The first kappa shape index (κ1) is 11.0. The number of halogens is 1. The third-order valence-electron chi connectivity index (χ3n) is 3.59. The number of aromatic nitrogens is 2. The molecule has 3 rings (SSSR count). The fourth-order valence-corrected chi connectivity index (χ4v) is 2.57. The van der Waals surface area contributed by atoms with Gasteiger partial charge in [-0.25, -0.2) is 9.97 Å². The molecule has 0 aliphatic carbocycles. The quantitative estimate of drug-likeness (QED) is 0.808. The highest BCUT2D eigenvalue weighted by atomic mass is 79.9. The highest BCUT2D eigenvalue weighted by Gasteiger charge is 2.33. The lowest BCUT2D eigenvalue weighted by atomic mass is 9.93. The van der Waals surface area contributed by atoms with Crippen LogP contribution in [0.2, 0.25) is 0 Å². The second-order valence-corrected chi connectivity index (χ2v) is 5.66. The van der Waals surface area contributed by atoms with Gasteiger partial charge in [0, 0.05) is 28.6 Å². The van der Waals surface area contributed by atoms with Gasteiger partial charge in [0.05, 0.1) is 5.52 Å². The summed E-state index contributed by atoms with van der Waals surface area (Å²) in [6.07, 6.45) is 1.90. The minimum Gasteiger partial charge on any atom is -0.337 e. The predicted molar refractivity (Wildman–Crippen MR) is 73.2 cm³/mol. The molecule has 88 valence electrons. The first-order valence-electron chi connectivity index (χ1n) is 5.84. The fraction of sp³-hybridized carbons (Fsp3) is 0.385. The van der Waals surface area contributed by atoms with Gasteiger partial charge in [0.25, 0.3) is 0 Å².